The molecule has 0 radical (unpaired) electrons. The minimum Gasteiger partial charge on any atom is -0.466 e. The highest BCUT2D eigenvalue weighted by atomic mass is 35.6. The van der Waals surface area contributed by atoms with Crippen molar-refractivity contribution in [1.29, 1.82) is 0 Å². The van der Waals surface area contributed by atoms with Crippen LogP contribution >= 0.6 is 34.8 Å². The lowest BCUT2D eigenvalue weighted by Gasteiger charge is -2.31. The molecule has 1 N–H and O–H groups in total. The van der Waals surface area contributed by atoms with Crippen molar-refractivity contribution >= 4 is 40.8 Å². The molecule has 1 atom stereocenters. The number of hydrogen-bond acceptors (Lipinski definition) is 3. The van der Waals surface area contributed by atoms with Crippen LogP contribution in [0.2, 0.25) is 0 Å². The highest BCUT2D eigenvalue weighted by molar-refractivity contribution is 6.69. The maximum atomic E-state index is 11.6. The molecule has 1 aromatic rings. The molecule has 16 heavy (non-hydrogen) atoms. The molecule has 6 heteroatoms. The second kappa shape index (κ2) is 4.80. The topological polar surface area (TPSA) is 46.5 Å². The van der Waals surface area contributed by atoms with Gasteiger partial charge in [-0.25, -0.2) is 4.79 Å². The van der Waals surface area contributed by atoms with Gasteiger partial charge >= 0.3 is 5.97 Å². The molecule has 0 unspecified atom stereocenters. The van der Waals surface area contributed by atoms with Gasteiger partial charge in [0.15, 0.2) is 0 Å². The smallest absolute Gasteiger partial charge is 0.347 e. The number of alkyl halides is 3. The van der Waals surface area contributed by atoms with Crippen molar-refractivity contribution in [3.05, 3.63) is 35.9 Å². The first-order chi connectivity index (χ1) is 7.34. The SMILES string of the molecule is COC(=O)[C@@](O)(c1ccccc1)C(Cl)(Cl)Cl. The molecule has 1 rings (SSSR count). The Bertz CT molecular complexity index is 375. The van der Waals surface area contributed by atoms with Gasteiger partial charge in [0.05, 0.1) is 7.11 Å². The first kappa shape index (κ1) is 13.6. The number of aliphatic hydroxyl groups is 1. The van der Waals surface area contributed by atoms with E-state index in [-0.39, 0.29) is 5.56 Å². The molecule has 1 aromatic carbocycles. The minimum absolute atomic E-state index is 0.154. The number of benzene rings is 1. The fraction of sp³-hybridized carbons (Fsp3) is 0.300. The molecule has 0 saturated carbocycles. The number of hydrogen-bond donors (Lipinski definition) is 1. The number of rotatable bonds is 2. The molecule has 0 heterocycles. The zero-order valence-corrected chi connectivity index (χ0v) is 10.6. The van der Waals surface area contributed by atoms with Crippen LogP contribution in [0.4, 0.5) is 0 Å². The second-order valence-corrected chi connectivity index (χ2v) is 5.35. The molecule has 0 amide bonds. The zero-order chi connectivity index (χ0) is 12.4. The summed E-state index contributed by atoms with van der Waals surface area (Å²) in [5.74, 6) is -1.03. The number of halogens is 3. The van der Waals surface area contributed by atoms with E-state index in [1.165, 1.54) is 12.1 Å². The number of esters is 1. The highest BCUT2D eigenvalue weighted by Gasteiger charge is 2.55. The highest BCUT2D eigenvalue weighted by Crippen LogP contribution is 2.45. The molecule has 0 spiro atoms. The van der Waals surface area contributed by atoms with Crippen LogP contribution in [0.25, 0.3) is 0 Å². The maximum Gasteiger partial charge on any atom is 0.347 e. The summed E-state index contributed by atoms with van der Waals surface area (Å²) in [7, 11) is 1.10. The Kier molecular flexibility index (Phi) is 4.07. The number of methoxy groups -OCH3 is 1. The van der Waals surface area contributed by atoms with Gasteiger partial charge in [0.1, 0.15) is 0 Å². The predicted molar refractivity (Wildman–Crippen MR) is 62.6 cm³/mol. The van der Waals surface area contributed by atoms with Crippen molar-refractivity contribution < 1.29 is 14.6 Å². The Morgan fingerprint density at radius 2 is 1.75 bits per heavy atom. The molecule has 88 valence electrons. The van der Waals surface area contributed by atoms with E-state index in [0.717, 1.165) is 7.11 Å². The summed E-state index contributed by atoms with van der Waals surface area (Å²) in [4.78, 5) is 11.6. The summed E-state index contributed by atoms with van der Waals surface area (Å²) in [6.45, 7) is 0. The van der Waals surface area contributed by atoms with Crippen molar-refractivity contribution in [1.82, 2.24) is 0 Å². The van der Waals surface area contributed by atoms with Gasteiger partial charge in [-0.3, -0.25) is 0 Å². The summed E-state index contributed by atoms with van der Waals surface area (Å²) in [6.07, 6.45) is 0. The van der Waals surface area contributed by atoms with Crippen LogP contribution in [0.3, 0.4) is 0 Å². The molecular weight excluding hydrogens is 274 g/mol. The predicted octanol–water partition coefficient (Wildman–Crippen LogP) is 2.42. The molecular formula is C10H9Cl3O3. The summed E-state index contributed by atoms with van der Waals surface area (Å²) in [6, 6.07) is 7.87. The molecule has 0 fully saturated rings. The first-order valence-corrected chi connectivity index (χ1v) is 5.40. The van der Waals surface area contributed by atoms with Crippen LogP contribution in [0.15, 0.2) is 30.3 Å². The van der Waals surface area contributed by atoms with E-state index < -0.39 is 15.4 Å². The van der Waals surface area contributed by atoms with Gasteiger partial charge in [0.2, 0.25) is 9.39 Å². The van der Waals surface area contributed by atoms with E-state index in [0.29, 0.717) is 0 Å². The molecule has 0 saturated heterocycles. The maximum absolute atomic E-state index is 11.6. The number of carbonyl (C=O) groups is 1. The fourth-order valence-corrected chi connectivity index (χ4v) is 1.78. The van der Waals surface area contributed by atoms with Gasteiger partial charge in [-0.15, -0.1) is 0 Å². The van der Waals surface area contributed by atoms with Gasteiger partial charge in [-0.05, 0) is 5.56 Å². The standard InChI is InChI=1S/C10H9Cl3O3/c1-16-8(14)9(15,10(11,12)13)7-5-3-2-4-6-7/h2-6,15H,1H3/t9-/m0/s1. The van der Waals surface area contributed by atoms with Crippen LogP contribution in [0.1, 0.15) is 5.56 Å². The Morgan fingerprint density at radius 3 is 2.12 bits per heavy atom. The Balaban J connectivity index is 3.32. The minimum atomic E-state index is -2.33. The third-order valence-electron chi connectivity index (χ3n) is 2.08. The average molecular weight is 284 g/mol. The van der Waals surface area contributed by atoms with Crippen LogP contribution < -0.4 is 0 Å². The van der Waals surface area contributed by atoms with Gasteiger partial charge in [0, 0.05) is 0 Å². The Hall–Kier alpha value is -0.480. The normalized spacial score (nSPS) is 15.3. The summed E-state index contributed by atoms with van der Waals surface area (Å²) in [5, 5.41) is 10.2. The van der Waals surface area contributed by atoms with Crippen LogP contribution in [0.5, 0.6) is 0 Å². The van der Waals surface area contributed by atoms with Crippen LogP contribution in [-0.4, -0.2) is 22.0 Å². The second-order valence-electron chi connectivity index (χ2n) is 3.07. The first-order valence-electron chi connectivity index (χ1n) is 4.27. The van der Waals surface area contributed by atoms with Crippen molar-refractivity contribution in [2.45, 2.75) is 9.39 Å². The number of carbonyl (C=O) groups excluding carboxylic acids is 1. The molecule has 0 bridgehead atoms. The van der Waals surface area contributed by atoms with E-state index in [1.54, 1.807) is 18.2 Å². The third-order valence-corrected chi connectivity index (χ3v) is 2.90. The van der Waals surface area contributed by atoms with Gasteiger partial charge in [-0.1, -0.05) is 65.1 Å². The fourth-order valence-electron chi connectivity index (χ4n) is 1.22. The van der Waals surface area contributed by atoms with Crippen LogP contribution in [-0.2, 0) is 15.1 Å². The lowest BCUT2D eigenvalue weighted by Crippen LogP contribution is -2.48. The molecule has 0 aliphatic carbocycles. The summed E-state index contributed by atoms with van der Waals surface area (Å²) < 4.78 is 2.23. The van der Waals surface area contributed by atoms with Crippen molar-refractivity contribution in [2.75, 3.05) is 7.11 Å². The van der Waals surface area contributed by atoms with Crippen molar-refractivity contribution in [2.24, 2.45) is 0 Å². The zero-order valence-electron chi connectivity index (χ0n) is 8.28. The Labute approximate surface area is 108 Å². The lowest BCUT2D eigenvalue weighted by molar-refractivity contribution is -0.163. The van der Waals surface area contributed by atoms with Gasteiger partial charge < -0.3 is 9.84 Å². The summed E-state index contributed by atoms with van der Waals surface area (Å²) in [5.41, 5.74) is -2.17. The Morgan fingerprint density at radius 1 is 1.25 bits per heavy atom. The van der Waals surface area contributed by atoms with E-state index in [9.17, 15) is 9.90 Å². The van der Waals surface area contributed by atoms with E-state index in [1.807, 2.05) is 0 Å². The van der Waals surface area contributed by atoms with Crippen molar-refractivity contribution in [3.8, 4) is 0 Å². The molecule has 0 aromatic heterocycles. The monoisotopic (exact) mass is 282 g/mol. The van der Waals surface area contributed by atoms with Crippen LogP contribution in [0, 0.1) is 0 Å². The number of ether oxygens (including phenoxy) is 1. The van der Waals surface area contributed by atoms with Gasteiger partial charge in [0.25, 0.3) is 0 Å². The van der Waals surface area contributed by atoms with Gasteiger partial charge in [-0.2, -0.15) is 0 Å². The molecule has 0 aliphatic rings. The molecule has 3 nitrogen and oxygen atoms in total. The van der Waals surface area contributed by atoms with E-state index in [4.69, 9.17) is 34.8 Å². The quantitative estimate of drug-likeness (QED) is 0.670. The third kappa shape index (κ3) is 2.28. The van der Waals surface area contributed by atoms with Crippen molar-refractivity contribution in [3.63, 3.8) is 0 Å². The largest absolute Gasteiger partial charge is 0.466 e. The average Bonchev–Trinajstić information content (AvgIpc) is 2.26. The lowest BCUT2D eigenvalue weighted by atomic mass is 9.95. The summed E-state index contributed by atoms with van der Waals surface area (Å²) >= 11 is 16.9. The van der Waals surface area contributed by atoms with E-state index >= 15 is 0 Å². The molecule has 0 aliphatic heterocycles. The van der Waals surface area contributed by atoms with E-state index in [2.05, 4.69) is 4.74 Å².